The second-order valence-electron chi connectivity index (χ2n) is 3.49. The molecule has 2 atom stereocenters. The number of hydrogen-bond donors (Lipinski definition) is 3. The topological polar surface area (TPSA) is 99.5 Å². The summed E-state index contributed by atoms with van der Waals surface area (Å²) in [5.41, 5.74) is 5.41. The molecule has 0 saturated heterocycles. The molecule has 1 rings (SSSR count). The van der Waals surface area contributed by atoms with Crippen molar-refractivity contribution in [2.75, 3.05) is 12.8 Å². The van der Waals surface area contributed by atoms with Crippen LogP contribution >= 0.6 is 0 Å². The van der Waals surface area contributed by atoms with Crippen LogP contribution in [0.2, 0.25) is 0 Å². The number of nitrogens with two attached hydrogens (primary N) is 1. The Kier molecular flexibility index (Phi) is 4.26. The number of nitrogen functional groups attached to an aromatic ring is 1. The molecule has 0 amide bonds. The molecule has 1 aromatic carbocycles. The molecule has 6 heteroatoms. The van der Waals surface area contributed by atoms with Gasteiger partial charge in [-0.05, 0) is 6.07 Å². The highest BCUT2D eigenvalue weighted by atomic mass is 19.1. The summed E-state index contributed by atoms with van der Waals surface area (Å²) in [5, 5.41) is 27.5. The molecule has 0 aliphatic rings. The van der Waals surface area contributed by atoms with Crippen molar-refractivity contribution in [1.29, 1.82) is 5.26 Å². The predicted molar refractivity (Wildman–Crippen MR) is 58.6 cm³/mol. The van der Waals surface area contributed by atoms with Crippen LogP contribution in [0, 0.1) is 17.1 Å². The number of anilines is 1. The van der Waals surface area contributed by atoms with Gasteiger partial charge in [0.25, 0.3) is 0 Å². The Hall–Kier alpha value is -1.84. The van der Waals surface area contributed by atoms with Crippen LogP contribution in [0.1, 0.15) is 18.1 Å². The zero-order chi connectivity index (χ0) is 13.0. The fourth-order valence-electron chi connectivity index (χ4n) is 1.40. The van der Waals surface area contributed by atoms with Crippen molar-refractivity contribution in [2.24, 2.45) is 0 Å². The monoisotopic (exact) mass is 240 g/mol. The van der Waals surface area contributed by atoms with Gasteiger partial charge in [-0.2, -0.15) is 5.26 Å². The van der Waals surface area contributed by atoms with E-state index in [1.807, 2.05) is 0 Å². The summed E-state index contributed by atoms with van der Waals surface area (Å²) in [6, 6.07) is 3.89. The molecular weight excluding hydrogens is 227 g/mol. The molecule has 5 nitrogen and oxygen atoms in total. The number of nitriles is 1. The van der Waals surface area contributed by atoms with Gasteiger partial charge in [0.1, 0.15) is 17.7 Å². The molecule has 1 aromatic rings. The van der Waals surface area contributed by atoms with Gasteiger partial charge in [-0.15, -0.1) is 0 Å². The first-order chi connectivity index (χ1) is 8.01. The highest BCUT2D eigenvalue weighted by Crippen LogP contribution is 2.30. The lowest BCUT2D eigenvalue weighted by molar-refractivity contribution is 0.0194. The summed E-state index contributed by atoms with van der Waals surface area (Å²) in [6.07, 6.45) is -3.15. The van der Waals surface area contributed by atoms with Crippen LogP contribution in [-0.4, -0.2) is 23.4 Å². The number of benzene rings is 1. The van der Waals surface area contributed by atoms with Gasteiger partial charge in [-0.1, -0.05) is 0 Å². The van der Waals surface area contributed by atoms with Crippen molar-refractivity contribution < 1.29 is 19.3 Å². The van der Waals surface area contributed by atoms with Crippen LogP contribution in [-0.2, 0) is 0 Å². The Balaban J connectivity index is 3.09. The molecule has 0 saturated carbocycles. The van der Waals surface area contributed by atoms with E-state index >= 15 is 0 Å². The fourth-order valence-corrected chi connectivity index (χ4v) is 1.40. The molecule has 4 N–H and O–H groups in total. The Bertz CT molecular complexity index is 445. The summed E-state index contributed by atoms with van der Waals surface area (Å²) in [7, 11) is 1.35. The predicted octanol–water partition coefficient (Wildman–Crippen LogP) is 0.724. The zero-order valence-corrected chi connectivity index (χ0v) is 9.22. The van der Waals surface area contributed by atoms with Crippen LogP contribution in [0.15, 0.2) is 12.1 Å². The lowest BCUT2D eigenvalue weighted by Gasteiger charge is -2.17. The molecule has 0 spiro atoms. The third-order valence-corrected chi connectivity index (χ3v) is 2.33. The first-order valence-electron chi connectivity index (χ1n) is 4.87. The largest absolute Gasteiger partial charge is 0.495 e. The van der Waals surface area contributed by atoms with Crippen molar-refractivity contribution in [2.45, 2.75) is 18.6 Å². The minimum atomic E-state index is -1.50. The molecule has 92 valence electrons. The highest BCUT2D eigenvalue weighted by Gasteiger charge is 2.22. The van der Waals surface area contributed by atoms with E-state index < -0.39 is 18.0 Å². The molecular formula is C11H13FN2O3. The van der Waals surface area contributed by atoms with Crippen LogP contribution in [0.25, 0.3) is 0 Å². The lowest BCUT2D eigenvalue weighted by atomic mass is 10.0. The second kappa shape index (κ2) is 5.48. The number of methoxy groups -OCH3 is 1. The number of hydrogen-bond acceptors (Lipinski definition) is 5. The number of aliphatic hydroxyl groups is 2. The van der Waals surface area contributed by atoms with E-state index in [4.69, 9.17) is 15.7 Å². The summed E-state index contributed by atoms with van der Waals surface area (Å²) >= 11 is 0. The Labute approximate surface area is 97.9 Å². The van der Waals surface area contributed by atoms with E-state index in [9.17, 15) is 14.6 Å². The molecule has 0 aliphatic heterocycles. The van der Waals surface area contributed by atoms with Gasteiger partial charge in [0.15, 0.2) is 0 Å². The molecule has 17 heavy (non-hydrogen) atoms. The third-order valence-electron chi connectivity index (χ3n) is 2.33. The van der Waals surface area contributed by atoms with Crippen molar-refractivity contribution in [3.63, 3.8) is 0 Å². The maximum Gasteiger partial charge on any atom is 0.142 e. The van der Waals surface area contributed by atoms with Crippen molar-refractivity contribution in [3.05, 3.63) is 23.5 Å². The zero-order valence-electron chi connectivity index (χ0n) is 9.22. The van der Waals surface area contributed by atoms with E-state index in [-0.39, 0.29) is 23.4 Å². The van der Waals surface area contributed by atoms with Gasteiger partial charge in [0.2, 0.25) is 0 Å². The maximum atomic E-state index is 13.5. The quantitative estimate of drug-likeness (QED) is 0.673. The Morgan fingerprint density at radius 2 is 2.18 bits per heavy atom. The van der Waals surface area contributed by atoms with Gasteiger partial charge < -0.3 is 20.7 Å². The standard InChI is InChI=1S/C11H13FN2O3/c1-17-10-4-6(7(12)5-8(10)14)11(16)9(15)2-3-13/h4-5,9,11,15-16H,2,14H2,1H3. The normalized spacial score (nSPS) is 13.8. The molecule has 0 radical (unpaired) electrons. The van der Waals surface area contributed by atoms with Gasteiger partial charge >= 0.3 is 0 Å². The van der Waals surface area contributed by atoms with Gasteiger partial charge in [0, 0.05) is 11.6 Å². The van der Waals surface area contributed by atoms with Crippen molar-refractivity contribution in [1.82, 2.24) is 0 Å². The summed E-state index contributed by atoms with van der Waals surface area (Å²) in [6.45, 7) is 0. The van der Waals surface area contributed by atoms with Gasteiger partial charge in [-0.25, -0.2) is 4.39 Å². The van der Waals surface area contributed by atoms with E-state index in [2.05, 4.69) is 0 Å². The number of halogens is 1. The van der Waals surface area contributed by atoms with Crippen LogP contribution in [0.3, 0.4) is 0 Å². The molecule has 0 heterocycles. The molecule has 0 fully saturated rings. The molecule has 0 bridgehead atoms. The number of rotatable bonds is 4. The minimum absolute atomic E-state index is 0.0933. The average Bonchev–Trinajstić information content (AvgIpc) is 2.29. The number of ether oxygens (including phenoxy) is 1. The average molecular weight is 240 g/mol. The summed E-state index contributed by atoms with van der Waals surface area (Å²) in [4.78, 5) is 0. The first kappa shape index (κ1) is 13.2. The van der Waals surface area contributed by atoms with E-state index in [1.165, 1.54) is 13.2 Å². The Morgan fingerprint density at radius 3 is 2.71 bits per heavy atom. The lowest BCUT2D eigenvalue weighted by Crippen LogP contribution is -2.19. The summed E-state index contributed by atoms with van der Waals surface area (Å²) < 4.78 is 18.4. The van der Waals surface area contributed by atoms with Crippen LogP contribution in [0.5, 0.6) is 5.75 Å². The van der Waals surface area contributed by atoms with Crippen molar-refractivity contribution >= 4 is 5.69 Å². The third kappa shape index (κ3) is 2.84. The van der Waals surface area contributed by atoms with E-state index in [0.717, 1.165) is 6.07 Å². The van der Waals surface area contributed by atoms with E-state index in [0.29, 0.717) is 0 Å². The molecule has 0 aliphatic carbocycles. The van der Waals surface area contributed by atoms with Crippen molar-refractivity contribution in [3.8, 4) is 11.8 Å². The van der Waals surface area contributed by atoms with Gasteiger partial charge in [0.05, 0.1) is 31.4 Å². The van der Waals surface area contributed by atoms with E-state index in [1.54, 1.807) is 6.07 Å². The minimum Gasteiger partial charge on any atom is -0.495 e. The first-order valence-corrected chi connectivity index (χ1v) is 4.87. The van der Waals surface area contributed by atoms with Crippen LogP contribution < -0.4 is 10.5 Å². The Morgan fingerprint density at radius 1 is 1.53 bits per heavy atom. The molecule has 2 unspecified atom stereocenters. The second-order valence-corrected chi connectivity index (χ2v) is 3.49. The highest BCUT2D eigenvalue weighted by molar-refractivity contribution is 5.54. The number of nitrogens with zero attached hydrogens (tertiary/aromatic N) is 1. The van der Waals surface area contributed by atoms with Crippen LogP contribution in [0.4, 0.5) is 10.1 Å². The summed E-state index contributed by atoms with van der Waals surface area (Å²) in [5.74, 6) is -0.558. The fraction of sp³-hybridized carbons (Fsp3) is 0.364. The van der Waals surface area contributed by atoms with Gasteiger partial charge in [-0.3, -0.25) is 0 Å². The SMILES string of the molecule is COc1cc(C(O)C(O)CC#N)c(F)cc1N. The smallest absolute Gasteiger partial charge is 0.142 e. The number of aliphatic hydroxyl groups excluding tert-OH is 2. The maximum absolute atomic E-state index is 13.5. The molecule has 0 aromatic heterocycles.